The van der Waals surface area contributed by atoms with Crippen LogP contribution < -0.4 is 5.73 Å². The van der Waals surface area contributed by atoms with Gasteiger partial charge in [0.15, 0.2) is 0 Å². The van der Waals surface area contributed by atoms with Crippen molar-refractivity contribution < 1.29 is 33.3 Å². The predicted octanol–water partition coefficient (Wildman–Crippen LogP) is 3.23. The summed E-state index contributed by atoms with van der Waals surface area (Å²) in [5, 5.41) is 0. The topological polar surface area (TPSA) is 117 Å². The third-order valence-electron chi connectivity index (χ3n) is 7.22. The fourth-order valence-corrected chi connectivity index (χ4v) is 5.19. The van der Waals surface area contributed by atoms with Gasteiger partial charge in [0.25, 0.3) is 0 Å². The van der Waals surface area contributed by atoms with Crippen molar-refractivity contribution >= 4 is 17.8 Å². The summed E-state index contributed by atoms with van der Waals surface area (Å²) in [6.45, 7) is 7.44. The Hall–Kier alpha value is -2.49. The zero-order valence-corrected chi connectivity index (χ0v) is 23.2. The van der Waals surface area contributed by atoms with Gasteiger partial charge in [-0.1, -0.05) is 30.3 Å². The monoisotopic (exact) mass is 532 g/mol. The minimum Gasteiger partial charge on any atom is -0.467 e. The summed E-state index contributed by atoms with van der Waals surface area (Å²) in [4.78, 5) is 39.8. The van der Waals surface area contributed by atoms with Gasteiger partial charge in [0.05, 0.1) is 31.8 Å². The molecule has 2 aliphatic rings. The summed E-state index contributed by atoms with van der Waals surface area (Å²) in [6.07, 6.45) is 3.42. The molecule has 1 amide bonds. The van der Waals surface area contributed by atoms with Gasteiger partial charge in [0, 0.05) is 26.2 Å². The van der Waals surface area contributed by atoms with Crippen LogP contribution in [-0.2, 0) is 39.9 Å². The van der Waals surface area contributed by atoms with Crippen molar-refractivity contribution in [2.75, 3.05) is 26.9 Å². The lowest BCUT2D eigenvalue weighted by molar-refractivity contribution is -0.161. The number of amides is 1. The Balaban J connectivity index is 1.45. The summed E-state index contributed by atoms with van der Waals surface area (Å²) in [5.41, 5.74) is 7.03. The van der Waals surface area contributed by atoms with Gasteiger partial charge in [0.2, 0.25) is 5.91 Å². The van der Waals surface area contributed by atoms with Crippen molar-refractivity contribution in [1.82, 2.24) is 4.90 Å². The highest BCUT2D eigenvalue weighted by atomic mass is 16.6. The van der Waals surface area contributed by atoms with Gasteiger partial charge in [-0.15, -0.1) is 0 Å². The van der Waals surface area contributed by atoms with Crippen LogP contribution in [0.1, 0.15) is 64.9 Å². The Kier molecular flexibility index (Phi) is 11.1. The zero-order chi connectivity index (χ0) is 27.7. The molecule has 9 heteroatoms. The number of ether oxygens (including phenoxy) is 4. The fraction of sp³-hybridized carbons (Fsp3) is 0.690. The smallest absolute Gasteiger partial charge is 0.328 e. The predicted molar refractivity (Wildman–Crippen MR) is 142 cm³/mol. The standard InChI is InChI=1S/C29H44N2O7/c1-29(2,3)38-27(33)22-13-11-21(12-14-22)25(30)26(32)31-18-23(17-24(31)28(34)35-4)37-16-8-15-36-19-20-9-6-5-7-10-20/h5-7,9-10,21-25H,8,11-19,30H2,1-4H3/t21?,22?,23-,24+,25+/m1/s1. The number of esters is 2. The number of hydrogen-bond donors (Lipinski definition) is 1. The minimum absolute atomic E-state index is 0.0544. The van der Waals surface area contributed by atoms with E-state index in [1.807, 2.05) is 51.1 Å². The Morgan fingerprint density at radius 1 is 1.03 bits per heavy atom. The average Bonchev–Trinajstić information content (AvgIpc) is 3.33. The van der Waals surface area contributed by atoms with Gasteiger partial charge in [-0.25, -0.2) is 4.79 Å². The van der Waals surface area contributed by atoms with E-state index in [2.05, 4.69) is 0 Å². The van der Waals surface area contributed by atoms with Crippen molar-refractivity contribution in [2.24, 2.45) is 17.6 Å². The van der Waals surface area contributed by atoms with Crippen molar-refractivity contribution in [2.45, 2.75) is 89.7 Å². The van der Waals surface area contributed by atoms with Gasteiger partial charge in [-0.05, 0) is 64.4 Å². The summed E-state index contributed by atoms with van der Waals surface area (Å²) in [5.74, 6) is -1.14. The number of methoxy groups -OCH3 is 1. The van der Waals surface area contributed by atoms with Crippen molar-refractivity contribution in [3.05, 3.63) is 35.9 Å². The molecule has 1 aliphatic heterocycles. The van der Waals surface area contributed by atoms with Crippen molar-refractivity contribution in [3.8, 4) is 0 Å². The van der Waals surface area contributed by atoms with Crippen LogP contribution in [-0.4, -0.2) is 73.4 Å². The maximum atomic E-state index is 13.4. The molecule has 1 aliphatic carbocycles. The van der Waals surface area contributed by atoms with E-state index in [1.54, 1.807) is 0 Å². The molecular weight excluding hydrogens is 488 g/mol. The molecule has 9 nitrogen and oxygen atoms in total. The second kappa shape index (κ2) is 14.1. The van der Waals surface area contributed by atoms with Crippen LogP contribution in [0.15, 0.2) is 30.3 Å². The molecule has 3 atom stereocenters. The number of hydrogen-bond acceptors (Lipinski definition) is 8. The Bertz CT molecular complexity index is 909. The molecule has 0 unspecified atom stereocenters. The Labute approximate surface area is 226 Å². The second-order valence-electron chi connectivity index (χ2n) is 11.3. The molecular formula is C29H44N2O7. The summed E-state index contributed by atoms with van der Waals surface area (Å²) in [6, 6.07) is 8.51. The maximum absolute atomic E-state index is 13.4. The van der Waals surface area contributed by atoms with Crippen LogP contribution in [0.2, 0.25) is 0 Å². The van der Waals surface area contributed by atoms with Gasteiger partial charge in [0.1, 0.15) is 11.6 Å². The molecule has 2 fully saturated rings. The number of carbonyl (C=O) groups is 3. The molecule has 1 aromatic rings. The van der Waals surface area contributed by atoms with Crippen molar-refractivity contribution in [1.29, 1.82) is 0 Å². The normalized spacial score (nSPS) is 24.6. The van der Waals surface area contributed by atoms with E-state index in [0.29, 0.717) is 64.9 Å². The highest BCUT2D eigenvalue weighted by Crippen LogP contribution is 2.33. The summed E-state index contributed by atoms with van der Waals surface area (Å²) in [7, 11) is 1.32. The van der Waals surface area contributed by atoms with E-state index >= 15 is 0 Å². The number of nitrogens with two attached hydrogens (primary N) is 1. The highest BCUT2D eigenvalue weighted by Gasteiger charge is 2.44. The Morgan fingerprint density at radius 2 is 1.71 bits per heavy atom. The molecule has 3 rings (SSSR count). The third kappa shape index (κ3) is 8.78. The van der Waals surface area contributed by atoms with Gasteiger partial charge in [-0.3, -0.25) is 9.59 Å². The lowest BCUT2D eigenvalue weighted by Gasteiger charge is -2.34. The molecule has 38 heavy (non-hydrogen) atoms. The quantitative estimate of drug-likeness (QED) is 0.341. The highest BCUT2D eigenvalue weighted by molar-refractivity contribution is 5.88. The van der Waals surface area contributed by atoms with Crippen LogP contribution >= 0.6 is 0 Å². The van der Waals surface area contributed by atoms with E-state index in [1.165, 1.54) is 12.0 Å². The molecule has 0 aromatic heterocycles. The third-order valence-corrected chi connectivity index (χ3v) is 7.22. The molecule has 1 saturated carbocycles. The van der Waals surface area contributed by atoms with Crippen LogP contribution in [0.3, 0.4) is 0 Å². The molecule has 1 aromatic carbocycles. The minimum atomic E-state index is -0.744. The maximum Gasteiger partial charge on any atom is 0.328 e. The molecule has 1 heterocycles. The molecule has 1 saturated heterocycles. The van der Waals surface area contributed by atoms with Crippen LogP contribution in [0, 0.1) is 11.8 Å². The largest absolute Gasteiger partial charge is 0.467 e. The number of carbonyl (C=O) groups excluding carboxylic acids is 3. The number of likely N-dealkylation sites (tertiary alicyclic amines) is 1. The summed E-state index contributed by atoms with van der Waals surface area (Å²) < 4.78 is 22.2. The lowest BCUT2D eigenvalue weighted by atomic mass is 9.78. The van der Waals surface area contributed by atoms with E-state index in [4.69, 9.17) is 24.7 Å². The van der Waals surface area contributed by atoms with Crippen LogP contribution in [0.25, 0.3) is 0 Å². The van der Waals surface area contributed by atoms with E-state index in [9.17, 15) is 14.4 Å². The average molecular weight is 533 g/mol. The van der Waals surface area contributed by atoms with Gasteiger partial charge >= 0.3 is 11.9 Å². The molecule has 212 valence electrons. The molecule has 2 N–H and O–H groups in total. The van der Waals surface area contributed by atoms with E-state index in [-0.39, 0.29) is 29.8 Å². The first-order valence-electron chi connectivity index (χ1n) is 13.7. The van der Waals surface area contributed by atoms with Gasteiger partial charge in [-0.2, -0.15) is 0 Å². The van der Waals surface area contributed by atoms with Gasteiger partial charge < -0.3 is 29.6 Å². The fourth-order valence-electron chi connectivity index (χ4n) is 5.19. The molecule has 0 spiro atoms. The van der Waals surface area contributed by atoms with E-state index < -0.39 is 23.7 Å². The first-order valence-corrected chi connectivity index (χ1v) is 13.7. The number of rotatable bonds is 11. The van der Waals surface area contributed by atoms with E-state index in [0.717, 1.165) is 5.56 Å². The lowest BCUT2D eigenvalue weighted by Crippen LogP contribution is -2.52. The first kappa shape index (κ1) is 30.1. The zero-order valence-electron chi connectivity index (χ0n) is 23.2. The Morgan fingerprint density at radius 3 is 2.34 bits per heavy atom. The molecule has 0 bridgehead atoms. The SMILES string of the molecule is COC(=O)[C@@H]1C[C@@H](OCCCOCc2ccccc2)CN1C(=O)[C@@H](N)C1CCC(C(=O)OC(C)(C)C)CC1. The molecule has 0 radical (unpaired) electrons. The van der Waals surface area contributed by atoms with Crippen LogP contribution in [0.5, 0.6) is 0 Å². The first-order chi connectivity index (χ1) is 18.1. The second-order valence-corrected chi connectivity index (χ2v) is 11.3. The van der Waals surface area contributed by atoms with Crippen molar-refractivity contribution in [3.63, 3.8) is 0 Å². The van der Waals surface area contributed by atoms with Crippen LogP contribution in [0.4, 0.5) is 0 Å². The number of benzene rings is 1. The number of nitrogens with zero attached hydrogens (tertiary/aromatic N) is 1. The summed E-state index contributed by atoms with van der Waals surface area (Å²) >= 11 is 0.